The van der Waals surface area contributed by atoms with Gasteiger partial charge >= 0.3 is 0 Å². The van der Waals surface area contributed by atoms with E-state index in [-0.39, 0.29) is 5.92 Å². The van der Waals surface area contributed by atoms with Crippen molar-refractivity contribution in [1.82, 2.24) is 0 Å². The predicted octanol–water partition coefficient (Wildman–Crippen LogP) is 2.32. The van der Waals surface area contributed by atoms with Crippen molar-refractivity contribution in [2.75, 3.05) is 14.2 Å². The van der Waals surface area contributed by atoms with Gasteiger partial charge in [0.25, 0.3) is 0 Å². The van der Waals surface area contributed by atoms with Gasteiger partial charge in [0.15, 0.2) is 0 Å². The second-order valence-electron chi connectivity index (χ2n) is 4.03. The summed E-state index contributed by atoms with van der Waals surface area (Å²) >= 11 is 0. The largest absolute Gasteiger partial charge is 0.497 e. The van der Waals surface area contributed by atoms with Crippen LogP contribution >= 0.6 is 0 Å². The summed E-state index contributed by atoms with van der Waals surface area (Å²) in [6.07, 6.45) is 3.97. The molecule has 1 aliphatic rings. The Bertz CT molecular complexity index is 398. The average molecular weight is 220 g/mol. The van der Waals surface area contributed by atoms with E-state index in [0.717, 1.165) is 48.2 Å². The summed E-state index contributed by atoms with van der Waals surface area (Å²) in [6.45, 7) is 0. The molecule has 16 heavy (non-hydrogen) atoms. The van der Waals surface area contributed by atoms with Crippen molar-refractivity contribution in [1.29, 1.82) is 0 Å². The molecule has 3 nitrogen and oxygen atoms in total. The number of carbonyl (C=O) groups is 1. The van der Waals surface area contributed by atoms with E-state index in [2.05, 4.69) is 0 Å². The molecule has 0 unspecified atom stereocenters. The van der Waals surface area contributed by atoms with Crippen LogP contribution in [0.25, 0.3) is 0 Å². The summed E-state index contributed by atoms with van der Waals surface area (Å²) in [5.41, 5.74) is 2.23. The van der Waals surface area contributed by atoms with Gasteiger partial charge in [-0.05, 0) is 36.5 Å². The molecule has 1 aromatic rings. The van der Waals surface area contributed by atoms with E-state index in [4.69, 9.17) is 9.47 Å². The number of ether oxygens (including phenoxy) is 2. The quantitative estimate of drug-likeness (QED) is 0.733. The van der Waals surface area contributed by atoms with Crippen LogP contribution in [0.5, 0.6) is 11.5 Å². The predicted molar refractivity (Wildman–Crippen MR) is 61.3 cm³/mol. The molecule has 0 amide bonds. The van der Waals surface area contributed by atoms with Crippen LogP contribution in [-0.4, -0.2) is 20.5 Å². The van der Waals surface area contributed by atoms with E-state index in [1.807, 2.05) is 12.1 Å². The minimum atomic E-state index is -0.00671. The number of hydrogen-bond donors (Lipinski definition) is 0. The van der Waals surface area contributed by atoms with Gasteiger partial charge in [-0.1, -0.05) is 0 Å². The zero-order valence-corrected chi connectivity index (χ0v) is 9.66. The Kier molecular flexibility index (Phi) is 3.13. The Labute approximate surface area is 95.4 Å². The monoisotopic (exact) mass is 220 g/mol. The van der Waals surface area contributed by atoms with Crippen molar-refractivity contribution in [2.24, 2.45) is 0 Å². The maximum Gasteiger partial charge on any atom is 0.127 e. The van der Waals surface area contributed by atoms with E-state index in [0.29, 0.717) is 0 Å². The molecule has 86 valence electrons. The van der Waals surface area contributed by atoms with Crippen molar-refractivity contribution in [3.8, 4) is 11.5 Å². The molecule has 0 saturated carbocycles. The molecule has 0 fully saturated rings. The molecule has 0 bridgehead atoms. The number of aldehydes is 1. The Hall–Kier alpha value is -1.51. The van der Waals surface area contributed by atoms with Crippen LogP contribution in [0, 0.1) is 0 Å². The summed E-state index contributed by atoms with van der Waals surface area (Å²) in [5, 5.41) is 0. The van der Waals surface area contributed by atoms with Crippen molar-refractivity contribution in [3.63, 3.8) is 0 Å². The number of fused-ring (bicyclic) bond motifs is 1. The molecule has 0 aliphatic heterocycles. The molecule has 0 spiro atoms. The third kappa shape index (κ3) is 1.77. The molecule has 1 aromatic carbocycles. The van der Waals surface area contributed by atoms with E-state index in [1.54, 1.807) is 14.2 Å². The molecule has 0 saturated heterocycles. The summed E-state index contributed by atoms with van der Waals surface area (Å²) in [4.78, 5) is 11.0. The zero-order valence-electron chi connectivity index (χ0n) is 9.66. The van der Waals surface area contributed by atoms with Crippen molar-refractivity contribution >= 4 is 6.29 Å². The van der Waals surface area contributed by atoms with Gasteiger partial charge in [0.1, 0.15) is 17.8 Å². The third-order valence-electron chi connectivity index (χ3n) is 3.18. The highest BCUT2D eigenvalue weighted by Crippen LogP contribution is 2.38. The van der Waals surface area contributed by atoms with Gasteiger partial charge in [-0.25, -0.2) is 0 Å². The molecule has 3 heteroatoms. The smallest absolute Gasteiger partial charge is 0.127 e. The average Bonchev–Trinajstić information content (AvgIpc) is 2.36. The maximum absolute atomic E-state index is 11.0. The Balaban J connectivity index is 2.54. The lowest BCUT2D eigenvalue weighted by Gasteiger charge is -2.24. The van der Waals surface area contributed by atoms with Crippen LogP contribution in [0.1, 0.15) is 29.9 Å². The lowest BCUT2D eigenvalue weighted by Crippen LogP contribution is -2.12. The summed E-state index contributed by atoms with van der Waals surface area (Å²) in [5.74, 6) is 1.58. The Morgan fingerprint density at radius 3 is 2.75 bits per heavy atom. The SMILES string of the molecule is COc1cc(OC)c2c(c1)[C@@H](C=O)CCC2. The fourth-order valence-electron chi connectivity index (χ4n) is 2.33. The summed E-state index contributed by atoms with van der Waals surface area (Å²) < 4.78 is 10.6. The van der Waals surface area contributed by atoms with Gasteiger partial charge in [0, 0.05) is 12.0 Å². The topological polar surface area (TPSA) is 35.5 Å². The maximum atomic E-state index is 11.0. The van der Waals surface area contributed by atoms with Gasteiger partial charge in [-0.15, -0.1) is 0 Å². The minimum Gasteiger partial charge on any atom is -0.497 e. The summed E-state index contributed by atoms with van der Waals surface area (Å²) in [6, 6.07) is 3.84. The second kappa shape index (κ2) is 4.56. The molecule has 0 aromatic heterocycles. The minimum absolute atomic E-state index is 0.00671. The van der Waals surface area contributed by atoms with E-state index in [1.165, 1.54) is 0 Å². The van der Waals surface area contributed by atoms with Gasteiger partial charge in [0.2, 0.25) is 0 Å². The van der Waals surface area contributed by atoms with Crippen LogP contribution in [0.3, 0.4) is 0 Å². The molecule has 2 rings (SSSR count). The van der Waals surface area contributed by atoms with Crippen molar-refractivity contribution < 1.29 is 14.3 Å². The lowest BCUT2D eigenvalue weighted by atomic mass is 9.83. The number of hydrogen-bond acceptors (Lipinski definition) is 3. The van der Waals surface area contributed by atoms with Crippen LogP contribution in [0.4, 0.5) is 0 Å². The molecule has 0 heterocycles. The standard InChI is InChI=1S/C13H16O3/c1-15-10-6-12-9(8-14)4-3-5-11(12)13(7-10)16-2/h6-9H,3-5H2,1-2H3/t9-/m1/s1. The summed E-state index contributed by atoms with van der Waals surface area (Å²) in [7, 11) is 3.28. The van der Waals surface area contributed by atoms with Gasteiger partial charge in [0.05, 0.1) is 14.2 Å². The highest BCUT2D eigenvalue weighted by atomic mass is 16.5. The molecule has 0 radical (unpaired) electrons. The van der Waals surface area contributed by atoms with Gasteiger partial charge in [-0.3, -0.25) is 0 Å². The van der Waals surface area contributed by atoms with Crippen molar-refractivity contribution in [2.45, 2.75) is 25.2 Å². The van der Waals surface area contributed by atoms with Crippen LogP contribution < -0.4 is 9.47 Å². The fourth-order valence-corrected chi connectivity index (χ4v) is 2.33. The lowest BCUT2D eigenvalue weighted by molar-refractivity contribution is -0.109. The Morgan fingerprint density at radius 2 is 2.12 bits per heavy atom. The normalized spacial score (nSPS) is 18.8. The Morgan fingerprint density at radius 1 is 1.31 bits per heavy atom. The molecule has 1 aliphatic carbocycles. The first-order valence-corrected chi connectivity index (χ1v) is 5.50. The highest BCUT2D eigenvalue weighted by Gasteiger charge is 2.23. The van der Waals surface area contributed by atoms with E-state index in [9.17, 15) is 4.79 Å². The van der Waals surface area contributed by atoms with Gasteiger partial charge in [-0.2, -0.15) is 0 Å². The van der Waals surface area contributed by atoms with Crippen molar-refractivity contribution in [3.05, 3.63) is 23.3 Å². The van der Waals surface area contributed by atoms with Gasteiger partial charge < -0.3 is 14.3 Å². The van der Waals surface area contributed by atoms with Crippen LogP contribution in [-0.2, 0) is 11.2 Å². The first kappa shape index (κ1) is 11.0. The molecule has 0 N–H and O–H groups in total. The first-order valence-electron chi connectivity index (χ1n) is 5.50. The number of rotatable bonds is 3. The third-order valence-corrected chi connectivity index (χ3v) is 3.18. The highest BCUT2D eigenvalue weighted by molar-refractivity contribution is 5.66. The molecular weight excluding hydrogens is 204 g/mol. The first-order chi connectivity index (χ1) is 7.80. The van der Waals surface area contributed by atoms with Crippen LogP contribution in [0.2, 0.25) is 0 Å². The molecule has 1 atom stereocenters. The number of methoxy groups -OCH3 is 2. The zero-order chi connectivity index (χ0) is 11.5. The number of benzene rings is 1. The van der Waals surface area contributed by atoms with E-state index >= 15 is 0 Å². The fraction of sp³-hybridized carbons (Fsp3) is 0.462. The van der Waals surface area contributed by atoms with E-state index < -0.39 is 0 Å². The number of carbonyl (C=O) groups excluding carboxylic acids is 1. The van der Waals surface area contributed by atoms with Crippen LogP contribution in [0.15, 0.2) is 12.1 Å². The second-order valence-corrected chi connectivity index (χ2v) is 4.03. The molecular formula is C13H16O3.